The molecule has 0 nitrogen and oxygen atoms in total. The van der Waals surface area contributed by atoms with Crippen LogP contribution in [0.1, 0.15) is 0 Å². The zero-order valence-corrected chi connectivity index (χ0v) is 14.4. The maximum absolute atomic E-state index is 6.15. The Morgan fingerprint density at radius 3 is 1.31 bits per heavy atom. The largest absolute Gasteiger partial charge is 0.344 e. The summed E-state index contributed by atoms with van der Waals surface area (Å²) in [5, 5.41) is 0. The summed E-state index contributed by atoms with van der Waals surface area (Å²) in [4.78, 5) is -0.385. The van der Waals surface area contributed by atoms with Gasteiger partial charge < -0.3 is 0 Å². The highest BCUT2D eigenvalue weighted by Gasteiger charge is 2.67. The SMILES string of the molecule is Cl[Si](Cl)(Cl)C1[Si](Cl)(Cl)CC[Si]1(Cl)Cl. The molecule has 1 aliphatic rings. The number of hydrogen-bond acceptors (Lipinski definition) is 0. The lowest BCUT2D eigenvalue weighted by Crippen LogP contribution is -2.44. The fourth-order valence-electron chi connectivity index (χ4n) is 1.41. The van der Waals surface area contributed by atoms with Gasteiger partial charge in [-0.25, -0.2) is 0 Å². The van der Waals surface area contributed by atoms with Crippen molar-refractivity contribution in [3.8, 4) is 0 Å². The van der Waals surface area contributed by atoms with Crippen molar-refractivity contribution in [2.45, 2.75) is 16.9 Å². The summed E-state index contributed by atoms with van der Waals surface area (Å²) in [6, 6.07) is -1.70. The van der Waals surface area contributed by atoms with E-state index in [4.69, 9.17) is 77.6 Å². The van der Waals surface area contributed by atoms with Crippen molar-refractivity contribution in [1.29, 1.82) is 0 Å². The monoisotopic (exact) mass is 370 g/mol. The van der Waals surface area contributed by atoms with Crippen LogP contribution in [-0.4, -0.2) is 19.4 Å². The molecule has 1 rings (SSSR count). The Bertz CT molecular complexity index is 194. The van der Waals surface area contributed by atoms with E-state index in [9.17, 15) is 0 Å². The third-order valence-corrected chi connectivity index (χ3v) is 29.7. The number of rotatable bonds is 1. The van der Waals surface area contributed by atoms with Crippen LogP contribution in [-0.2, 0) is 0 Å². The molecule has 1 heterocycles. The molecule has 0 unspecified atom stereocenters. The van der Waals surface area contributed by atoms with Crippen LogP contribution in [0.3, 0.4) is 0 Å². The Morgan fingerprint density at radius 1 is 0.846 bits per heavy atom. The molecule has 1 saturated heterocycles. The molecule has 0 bridgehead atoms. The van der Waals surface area contributed by atoms with Crippen molar-refractivity contribution in [1.82, 2.24) is 0 Å². The summed E-state index contributed by atoms with van der Waals surface area (Å²) in [5.74, 6) is 0. The highest BCUT2D eigenvalue weighted by molar-refractivity contribution is 7.77. The molecule has 0 aromatic heterocycles. The molecule has 0 radical (unpaired) electrons. The van der Waals surface area contributed by atoms with Gasteiger partial charge in [-0.05, 0) is 12.1 Å². The van der Waals surface area contributed by atoms with Crippen LogP contribution < -0.4 is 0 Å². The molecule has 0 aliphatic carbocycles. The first-order valence-corrected chi connectivity index (χ1v) is 17.1. The molecule has 0 aromatic carbocycles. The van der Waals surface area contributed by atoms with Gasteiger partial charge in [-0.15, -0.1) is 77.6 Å². The predicted molar refractivity (Wildman–Crippen MR) is 71.6 cm³/mol. The van der Waals surface area contributed by atoms with Crippen molar-refractivity contribution in [2.75, 3.05) is 0 Å². The van der Waals surface area contributed by atoms with Crippen molar-refractivity contribution in [3.63, 3.8) is 0 Å². The van der Waals surface area contributed by atoms with Crippen LogP contribution in [0.2, 0.25) is 16.9 Å². The van der Waals surface area contributed by atoms with Crippen molar-refractivity contribution >= 4 is 96.9 Å². The minimum absolute atomic E-state index is 0.385. The van der Waals surface area contributed by atoms with Gasteiger partial charge in [0.2, 0.25) is 0 Å². The minimum Gasteiger partial charge on any atom is -0.146 e. The fourth-order valence-corrected chi connectivity index (χ4v) is 46.8. The van der Waals surface area contributed by atoms with Gasteiger partial charge in [0.1, 0.15) is 0 Å². The summed E-state index contributed by atoms with van der Waals surface area (Å²) in [5.41, 5.74) is 0. The summed E-state index contributed by atoms with van der Waals surface area (Å²) in [6.07, 6.45) is 0. The van der Waals surface area contributed by atoms with Gasteiger partial charge in [0.05, 0.1) is 0 Å². The highest BCUT2D eigenvalue weighted by atomic mass is 35.8. The fraction of sp³-hybridized carbons (Fsp3) is 1.00. The molecular weight excluding hydrogens is 368 g/mol. The third-order valence-electron chi connectivity index (χ3n) is 1.96. The lowest BCUT2D eigenvalue weighted by Gasteiger charge is -2.29. The van der Waals surface area contributed by atoms with Gasteiger partial charge in [-0.3, -0.25) is 0 Å². The maximum Gasteiger partial charge on any atom is 0.344 e. The van der Waals surface area contributed by atoms with E-state index >= 15 is 0 Å². The van der Waals surface area contributed by atoms with Gasteiger partial charge in [0.25, 0.3) is 13.4 Å². The Hall–Kier alpha value is 2.68. The summed E-state index contributed by atoms with van der Waals surface area (Å²) >= 11 is 42.3. The standard InChI is InChI=1S/C3H5Cl7Si3/c4-11(5)1-2-12(6,7)3(11)13(8,9)10/h3H,1-2H2. The topological polar surface area (TPSA) is 0 Å². The Labute approximate surface area is 113 Å². The Morgan fingerprint density at radius 2 is 1.15 bits per heavy atom. The summed E-state index contributed by atoms with van der Waals surface area (Å²) in [7, 11) is 0. The minimum atomic E-state index is -2.98. The molecule has 1 fully saturated rings. The van der Waals surface area contributed by atoms with E-state index in [2.05, 4.69) is 0 Å². The van der Waals surface area contributed by atoms with E-state index in [1.165, 1.54) is 0 Å². The first-order valence-electron chi connectivity index (χ1n) is 3.40. The molecule has 0 spiro atoms. The van der Waals surface area contributed by atoms with E-state index < -0.39 is 19.4 Å². The van der Waals surface area contributed by atoms with Gasteiger partial charge in [0.15, 0.2) is 0 Å². The smallest absolute Gasteiger partial charge is 0.146 e. The predicted octanol–water partition coefficient (Wildman–Crippen LogP) is 4.94. The van der Waals surface area contributed by atoms with Crippen molar-refractivity contribution in [2.24, 2.45) is 0 Å². The normalized spacial score (nSPS) is 27.9. The van der Waals surface area contributed by atoms with Gasteiger partial charge >= 0.3 is 6.00 Å². The van der Waals surface area contributed by atoms with Crippen LogP contribution in [0.5, 0.6) is 0 Å². The van der Waals surface area contributed by atoms with E-state index in [1.54, 1.807) is 0 Å². The van der Waals surface area contributed by atoms with Gasteiger partial charge in [-0.2, -0.15) is 0 Å². The molecule has 0 saturated carbocycles. The van der Waals surface area contributed by atoms with Crippen molar-refractivity contribution < 1.29 is 0 Å². The van der Waals surface area contributed by atoms with Crippen LogP contribution in [0.4, 0.5) is 0 Å². The van der Waals surface area contributed by atoms with Crippen LogP contribution in [0.25, 0.3) is 0 Å². The molecule has 13 heavy (non-hydrogen) atoms. The summed E-state index contributed by atoms with van der Waals surface area (Å²) < 4.78 is 0. The molecule has 1 aliphatic heterocycles. The zero-order chi connectivity index (χ0) is 10.5. The zero-order valence-electron chi connectivity index (χ0n) is 6.14. The summed E-state index contributed by atoms with van der Waals surface area (Å²) in [6.45, 7) is -5.06. The van der Waals surface area contributed by atoms with E-state index in [0.717, 1.165) is 0 Å². The maximum atomic E-state index is 6.15. The molecule has 0 atom stereocenters. The number of hydrogen-bond donors (Lipinski definition) is 0. The molecule has 10 heteroatoms. The molecule has 78 valence electrons. The second kappa shape index (κ2) is 4.17. The van der Waals surface area contributed by atoms with E-state index in [-0.39, 0.29) is 4.79 Å². The van der Waals surface area contributed by atoms with Crippen LogP contribution in [0, 0.1) is 0 Å². The van der Waals surface area contributed by atoms with E-state index in [1.807, 2.05) is 0 Å². The highest BCUT2D eigenvalue weighted by Crippen LogP contribution is 2.60. The molecular formula is C3H5Cl7Si3. The van der Waals surface area contributed by atoms with Gasteiger partial charge in [-0.1, -0.05) is 0 Å². The Balaban J connectivity index is 3.02. The molecule has 0 aromatic rings. The quantitative estimate of drug-likeness (QED) is 0.451. The van der Waals surface area contributed by atoms with Crippen molar-refractivity contribution in [3.05, 3.63) is 0 Å². The average molecular weight is 374 g/mol. The lowest BCUT2D eigenvalue weighted by atomic mass is 11.0. The van der Waals surface area contributed by atoms with E-state index in [0.29, 0.717) is 12.1 Å². The number of halogens is 7. The average Bonchev–Trinajstić information content (AvgIpc) is 1.98. The van der Waals surface area contributed by atoms with Gasteiger partial charge in [0, 0.05) is 4.79 Å². The second-order valence-electron chi connectivity index (χ2n) is 3.00. The van der Waals surface area contributed by atoms with Crippen LogP contribution in [0.15, 0.2) is 0 Å². The second-order valence-corrected chi connectivity index (χ2v) is 27.9. The first-order chi connectivity index (χ1) is 5.57. The third kappa shape index (κ3) is 3.08. The van der Waals surface area contributed by atoms with Crippen LogP contribution >= 0.6 is 77.6 Å². The first kappa shape index (κ1) is 13.7. The molecule has 0 N–H and O–H groups in total. The lowest BCUT2D eigenvalue weighted by molar-refractivity contribution is 1.43. The Kier molecular flexibility index (Phi) is 4.40. The molecule has 0 amide bonds.